The third-order valence-corrected chi connectivity index (χ3v) is 8.65. The number of aryl methyl sites for hydroxylation is 1. The first-order chi connectivity index (χ1) is 20.4. The van der Waals surface area contributed by atoms with E-state index in [4.69, 9.17) is 4.74 Å². The van der Waals surface area contributed by atoms with Crippen LogP contribution in [0.4, 0.5) is 21.9 Å². The Bertz CT molecular complexity index is 1660. The first-order valence-electron chi connectivity index (χ1n) is 14.0. The molecule has 0 bridgehead atoms. The molecular weight excluding hydrogens is 552 g/mol. The van der Waals surface area contributed by atoms with Gasteiger partial charge in [-0.15, -0.1) is 11.3 Å². The number of carbonyl (C=O) groups is 3. The third-order valence-electron chi connectivity index (χ3n) is 7.55. The van der Waals surface area contributed by atoms with Gasteiger partial charge in [-0.2, -0.15) is 0 Å². The molecule has 42 heavy (non-hydrogen) atoms. The predicted molar refractivity (Wildman–Crippen MR) is 164 cm³/mol. The number of aromatic nitrogens is 1. The zero-order valence-electron chi connectivity index (χ0n) is 23.4. The molecule has 0 spiro atoms. The largest absolute Gasteiger partial charge is 0.457 e. The number of benzene rings is 2. The van der Waals surface area contributed by atoms with Gasteiger partial charge in [0.15, 0.2) is 0 Å². The number of ether oxygens (including phenoxy) is 1. The van der Waals surface area contributed by atoms with Gasteiger partial charge in [-0.05, 0) is 81.6 Å². The SMILES string of the molecule is CNCC(=O)N[C@H]1CCC[C@H](NC(=O)c2sc3nccc4c3c2NC(=O)N4c2ccc(Oc3ccccc3)cc2C)C1. The quantitative estimate of drug-likeness (QED) is 0.218. The van der Waals surface area contributed by atoms with Crippen LogP contribution in [0.2, 0.25) is 0 Å². The van der Waals surface area contributed by atoms with Crippen molar-refractivity contribution in [3.8, 4) is 11.5 Å². The zero-order chi connectivity index (χ0) is 29.2. The average Bonchev–Trinajstić information content (AvgIpc) is 3.34. The highest BCUT2D eigenvalue weighted by Crippen LogP contribution is 2.46. The summed E-state index contributed by atoms with van der Waals surface area (Å²) in [5.74, 6) is 1.09. The highest BCUT2D eigenvalue weighted by atomic mass is 32.1. The predicted octanol–water partition coefficient (Wildman–Crippen LogP) is 5.46. The molecule has 2 aromatic carbocycles. The second-order valence-corrected chi connectivity index (χ2v) is 11.6. The van der Waals surface area contributed by atoms with Gasteiger partial charge in [0.2, 0.25) is 5.91 Å². The van der Waals surface area contributed by atoms with E-state index in [2.05, 4.69) is 26.3 Å². The fourth-order valence-corrected chi connectivity index (χ4v) is 6.72. The number of nitrogens with zero attached hydrogens (tertiary/aromatic N) is 2. The number of para-hydroxylation sites is 1. The molecule has 0 unspecified atom stereocenters. The molecule has 11 heteroatoms. The van der Waals surface area contributed by atoms with Gasteiger partial charge in [-0.1, -0.05) is 18.2 Å². The fourth-order valence-electron chi connectivity index (χ4n) is 5.69. The number of pyridine rings is 1. The van der Waals surface area contributed by atoms with Crippen LogP contribution in [0.25, 0.3) is 10.2 Å². The standard InChI is InChI=1S/C31H32N6O4S/c1-18-15-22(41-21-9-4-3-5-10-21)11-12-23(18)37-24-13-14-33-30-26(24)27(36-31(37)40)28(42-30)29(39)35-20-8-6-7-19(16-20)34-25(38)17-32-2/h3-5,9-15,19-20,32H,6-8,16-17H2,1-2H3,(H,34,38)(H,35,39)(H,36,40)/t19-,20-/m0/s1. The number of urea groups is 1. The second kappa shape index (κ2) is 11.8. The molecule has 1 saturated carbocycles. The maximum Gasteiger partial charge on any atom is 0.331 e. The van der Waals surface area contributed by atoms with Crippen LogP contribution in [0, 0.1) is 6.92 Å². The summed E-state index contributed by atoms with van der Waals surface area (Å²) in [4.78, 5) is 46.4. The lowest BCUT2D eigenvalue weighted by atomic mass is 9.91. The number of amides is 4. The topological polar surface area (TPSA) is 125 Å². The Morgan fingerprint density at radius 3 is 2.60 bits per heavy atom. The molecular formula is C31H32N6O4S. The molecule has 1 fully saturated rings. The molecule has 216 valence electrons. The van der Waals surface area contributed by atoms with Crippen molar-refractivity contribution in [1.29, 1.82) is 0 Å². The number of rotatable bonds is 8. The summed E-state index contributed by atoms with van der Waals surface area (Å²) in [5, 5.41) is 12.7. The Hall–Kier alpha value is -4.48. The van der Waals surface area contributed by atoms with Crippen LogP contribution in [0.15, 0.2) is 60.8 Å². The number of carbonyl (C=O) groups excluding carboxylic acids is 3. The van der Waals surface area contributed by atoms with Crippen LogP contribution >= 0.6 is 11.3 Å². The summed E-state index contributed by atoms with van der Waals surface area (Å²) >= 11 is 1.26. The van der Waals surface area contributed by atoms with Crippen molar-refractivity contribution in [3.05, 3.63) is 71.2 Å². The van der Waals surface area contributed by atoms with Crippen molar-refractivity contribution in [3.63, 3.8) is 0 Å². The van der Waals surface area contributed by atoms with Gasteiger partial charge in [0, 0.05) is 18.3 Å². The number of hydrogen-bond acceptors (Lipinski definition) is 7. The molecule has 4 N–H and O–H groups in total. The highest BCUT2D eigenvalue weighted by Gasteiger charge is 2.34. The number of nitrogens with one attached hydrogen (secondary N) is 4. The Morgan fingerprint density at radius 2 is 1.83 bits per heavy atom. The van der Waals surface area contributed by atoms with Crippen molar-refractivity contribution < 1.29 is 19.1 Å². The molecule has 1 aliphatic carbocycles. The first-order valence-corrected chi connectivity index (χ1v) is 14.8. The summed E-state index contributed by atoms with van der Waals surface area (Å²) < 4.78 is 5.98. The molecule has 2 aromatic heterocycles. The number of thiophene rings is 1. The van der Waals surface area contributed by atoms with E-state index < -0.39 is 0 Å². The Labute approximate surface area is 247 Å². The fraction of sp³-hybridized carbons (Fsp3) is 0.290. The van der Waals surface area contributed by atoms with Crippen LogP contribution < -0.4 is 30.9 Å². The monoisotopic (exact) mass is 584 g/mol. The van der Waals surface area contributed by atoms with E-state index in [1.807, 2.05) is 55.5 Å². The van der Waals surface area contributed by atoms with Gasteiger partial charge in [-0.3, -0.25) is 14.5 Å². The Kier molecular flexibility index (Phi) is 7.77. The molecule has 10 nitrogen and oxygen atoms in total. The van der Waals surface area contributed by atoms with E-state index in [-0.39, 0.29) is 36.5 Å². The lowest BCUT2D eigenvalue weighted by molar-refractivity contribution is -0.121. The van der Waals surface area contributed by atoms with E-state index in [1.54, 1.807) is 24.2 Å². The third kappa shape index (κ3) is 5.53. The highest BCUT2D eigenvalue weighted by molar-refractivity contribution is 7.21. The number of hydrogen-bond donors (Lipinski definition) is 4. The van der Waals surface area contributed by atoms with Crippen LogP contribution in [0.3, 0.4) is 0 Å². The average molecular weight is 585 g/mol. The van der Waals surface area contributed by atoms with Gasteiger partial charge >= 0.3 is 6.03 Å². The van der Waals surface area contributed by atoms with Gasteiger partial charge < -0.3 is 26.0 Å². The summed E-state index contributed by atoms with van der Waals surface area (Å²) in [6.07, 6.45) is 4.94. The molecule has 4 aromatic rings. The van der Waals surface area contributed by atoms with E-state index in [0.717, 1.165) is 36.0 Å². The summed E-state index contributed by atoms with van der Waals surface area (Å²) in [6, 6.07) is 16.5. The van der Waals surface area contributed by atoms with Gasteiger partial charge in [0.05, 0.1) is 29.0 Å². The molecule has 0 radical (unpaired) electrons. The van der Waals surface area contributed by atoms with Crippen LogP contribution in [0.1, 0.15) is 40.9 Å². The van der Waals surface area contributed by atoms with Crippen molar-refractivity contribution in [2.75, 3.05) is 23.8 Å². The molecule has 4 amide bonds. The van der Waals surface area contributed by atoms with Gasteiger partial charge in [0.25, 0.3) is 5.91 Å². The number of anilines is 3. The van der Waals surface area contributed by atoms with Crippen molar-refractivity contribution in [2.24, 2.45) is 0 Å². The van der Waals surface area contributed by atoms with Crippen LogP contribution in [-0.4, -0.2) is 48.5 Å². The minimum absolute atomic E-state index is 0.0138. The molecule has 1 aliphatic heterocycles. The zero-order valence-corrected chi connectivity index (χ0v) is 24.2. The first kappa shape index (κ1) is 27.7. The summed E-state index contributed by atoms with van der Waals surface area (Å²) in [7, 11) is 1.73. The van der Waals surface area contributed by atoms with Gasteiger partial charge in [-0.25, -0.2) is 9.78 Å². The molecule has 0 saturated heterocycles. The maximum atomic E-state index is 13.6. The van der Waals surface area contributed by atoms with E-state index in [1.165, 1.54) is 11.3 Å². The minimum atomic E-state index is -0.354. The van der Waals surface area contributed by atoms with Crippen molar-refractivity contribution in [2.45, 2.75) is 44.7 Å². The second-order valence-electron chi connectivity index (χ2n) is 10.6. The smallest absolute Gasteiger partial charge is 0.331 e. The normalized spacial score (nSPS) is 18.0. The maximum absolute atomic E-state index is 13.6. The molecule has 3 heterocycles. The minimum Gasteiger partial charge on any atom is -0.457 e. The van der Waals surface area contributed by atoms with Gasteiger partial charge in [0.1, 0.15) is 21.2 Å². The lowest BCUT2D eigenvalue weighted by Gasteiger charge is -2.31. The van der Waals surface area contributed by atoms with Crippen LogP contribution in [-0.2, 0) is 4.79 Å². The number of likely N-dealkylation sites (N-methyl/N-ethyl adjacent to an activating group) is 1. The van der Waals surface area contributed by atoms with Crippen LogP contribution in [0.5, 0.6) is 11.5 Å². The Balaban J connectivity index is 1.24. The van der Waals surface area contributed by atoms with Crippen molar-refractivity contribution >= 4 is 56.5 Å². The lowest BCUT2D eigenvalue weighted by Crippen LogP contribution is -2.47. The summed E-state index contributed by atoms with van der Waals surface area (Å²) in [5.41, 5.74) is 2.71. The van der Waals surface area contributed by atoms with E-state index in [0.29, 0.717) is 38.9 Å². The Morgan fingerprint density at radius 1 is 1.05 bits per heavy atom. The summed E-state index contributed by atoms with van der Waals surface area (Å²) in [6.45, 7) is 2.19. The van der Waals surface area contributed by atoms with E-state index >= 15 is 0 Å². The molecule has 6 rings (SSSR count). The molecule has 2 aliphatic rings. The van der Waals surface area contributed by atoms with Crippen molar-refractivity contribution in [1.82, 2.24) is 20.9 Å². The van der Waals surface area contributed by atoms with E-state index in [9.17, 15) is 14.4 Å². The molecule has 2 atom stereocenters.